The van der Waals surface area contributed by atoms with Crippen LogP contribution in [-0.4, -0.2) is 39.2 Å². The minimum absolute atomic E-state index is 0.0260. The van der Waals surface area contributed by atoms with E-state index in [0.29, 0.717) is 17.5 Å². The Morgan fingerprint density at radius 3 is 2.30 bits per heavy atom. The highest BCUT2D eigenvalue weighted by Gasteiger charge is 2.11. The number of nitro benzene ring substituents is 1. The van der Waals surface area contributed by atoms with E-state index in [1.165, 1.54) is 18.3 Å². The summed E-state index contributed by atoms with van der Waals surface area (Å²) in [5, 5.41) is 18.0. The lowest BCUT2D eigenvalue weighted by Gasteiger charge is -2.19. The van der Waals surface area contributed by atoms with Crippen LogP contribution in [0.3, 0.4) is 0 Å². The van der Waals surface area contributed by atoms with Crippen LogP contribution in [0.2, 0.25) is 0 Å². The van der Waals surface area contributed by atoms with Crippen LogP contribution in [0, 0.1) is 10.1 Å². The van der Waals surface area contributed by atoms with E-state index in [9.17, 15) is 10.1 Å². The number of nitrogens with one attached hydrogen (secondary N) is 2. The van der Waals surface area contributed by atoms with Crippen molar-refractivity contribution in [2.75, 3.05) is 28.7 Å². The number of benzene rings is 2. The molecule has 0 aliphatic carbocycles. The lowest BCUT2D eigenvalue weighted by molar-refractivity contribution is -0.384. The molecule has 154 valence electrons. The average Bonchev–Trinajstić information content (AvgIpc) is 2.76. The van der Waals surface area contributed by atoms with Gasteiger partial charge in [0.1, 0.15) is 0 Å². The molecule has 10 nitrogen and oxygen atoms in total. The van der Waals surface area contributed by atoms with Crippen molar-refractivity contribution < 1.29 is 4.92 Å². The van der Waals surface area contributed by atoms with E-state index in [2.05, 4.69) is 30.8 Å². The maximum absolute atomic E-state index is 10.7. The summed E-state index contributed by atoms with van der Waals surface area (Å²) in [7, 11) is 0. The van der Waals surface area contributed by atoms with Gasteiger partial charge in [-0.1, -0.05) is 18.2 Å². The maximum Gasteiger partial charge on any atom is 0.269 e. The second kappa shape index (κ2) is 9.92. The summed E-state index contributed by atoms with van der Waals surface area (Å²) in [5.41, 5.74) is 4.39. The highest BCUT2D eigenvalue weighted by atomic mass is 16.6. The molecule has 2 N–H and O–H groups in total. The Morgan fingerprint density at radius 1 is 1.00 bits per heavy atom. The van der Waals surface area contributed by atoms with E-state index >= 15 is 0 Å². The van der Waals surface area contributed by atoms with Gasteiger partial charge in [0.15, 0.2) is 0 Å². The monoisotopic (exact) mass is 406 g/mol. The van der Waals surface area contributed by atoms with Gasteiger partial charge in [-0.05, 0) is 43.7 Å². The molecule has 0 atom stereocenters. The summed E-state index contributed by atoms with van der Waals surface area (Å²) in [6.07, 6.45) is 1.54. The third-order valence-electron chi connectivity index (χ3n) is 4.18. The van der Waals surface area contributed by atoms with E-state index in [0.717, 1.165) is 18.8 Å². The third-order valence-corrected chi connectivity index (χ3v) is 4.18. The zero-order valence-corrected chi connectivity index (χ0v) is 16.7. The molecule has 0 radical (unpaired) electrons. The molecule has 0 bridgehead atoms. The molecule has 0 spiro atoms. The zero-order chi connectivity index (χ0) is 21.3. The molecule has 1 aromatic heterocycles. The van der Waals surface area contributed by atoms with Crippen molar-refractivity contribution in [1.82, 2.24) is 15.0 Å². The fourth-order valence-electron chi connectivity index (χ4n) is 2.62. The number of anilines is 4. The molecule has 10 heteroatoms. The number of hydrazone groups is 1. The van der Waals surface area contributed by atoms with Gasteiger partial charge in [-0.2, -0.15) is 20.1 Å². The minimum atomic E-state index is -0.444. The number of nitro groups is 1. The number of aromatic nitrogens is 3. The van der Waals surface area contributed by atoms with E-state index in [-0.39, 0.29) is 11.6 Å². The van der Waals surface area contributed by atoms with Crippen molar-refractivity contribution in [3.05, 3.63) is 70.3 Å². The third kappa shape index (κ3) is 5.47. The highest BCUT2D eigenvalue weighted by Crippen LogP contribution is 2.17. The van der Waals surface area contributed by atoms with Crippen LogP contribution in [0.5, 0.6) is 0 Å². The van der Waals surface area contributed by atoms with Crippen molar-refractivity contribution in [3.63, 3.8) is 0 Å². The van der Waals surface area contributed by atoms with E-state index in [1.54, 1.807) is 12.1 Å². The van der Waals surface area contributed by atoms with E-state index in [1.807, 2.05) is 49.1 Å². The lowest BCUT2D eigenvalue weighted by Crippen LogP contribution is -2.25. The van der Waals surface area contributed by atoms with Crippen LogP contribution in [0.25, 0.3) is 0 Å². The van der Waals surface area contributed by atoms with Crippen molar-refractivity contribution in [3.8, 4) is 0 Å². The van der Waals surface area contributed by atoms with Gasteiger partial charge < -0.3 is 10.2 Å². The average molecular weight is 406 g/mol. The summed E-state index contributed by atoms with van der Waals surface area (Å²) in [6.45, 7) is 5.54. The molecular formula is C20H22N8O2. The van der Waals surface area contributed by atoms with Crippen LogP contribution in [0.1, 0.15) is 19.4 Å². The van der Waals surface area contributed by atoms with Gasteiger partial charge >= 0.3 is 0 Å². The SMILES string of the molecule is CCN(CC)c1nc(NN=Cc2ccc([N+](=O)[O-])cc2)nc(Nc2ccccc2)n1. The number of non-ortho nitro benzene ring substituents is 1. The number of hydrogen-bond acceptors (Lipinski definition) is 9. The normalized spacial score (nSPS) is 10.7. The Balaban J connectivity index is 1.80. The predicted molar refractivity (Wildman–Crippen MR) is 117 cm³/mol. The molecule has 0 fully saturated rings. The molecule has 0 aliphatic heterocycles. The van der Waals surface area contributed by atoms with Crippen LogP contribution < -0.4 is 15.6 Å². The standard InChI is InChI=1S/C20H22N8O2/c1-3-27(4-2)20-24-18(22-16-8-6-5-7-9-16)23-19(25-20)26-21-14-15-10-12-17(13-11-15)28(29)30/h5-14H,3-4H2,1-2H3,(H2,22,23,24,25,26). The number of hydrogen-bond donors (Lipinski definition) is 2. The number of para-hydroxylation sites is 1. The van der Waals surface area contributed by atoms with E-state index < -0.39 is 4.92 Å². The Kier molecular flexibility index (Phi) is 6.83. The predicted octanol–water partition coefficient (Wildman–Crippen LogP) is 3.82. The van der Waals surface area contributed by atoms with E-state index in [4.69, 9.17) is 0 Å². The smallest absolute Gasteiger partial charge is 0.269 e. The molecule has 3 rings (SSSR count). The molecule has 3 aromatic rings. The molecule has 30 heavy (non-hydrogen) atoms. The first-order valence-electron chi connectivity index (χ1n) is 9.45. The van der Waals surface area contributed by atoms with Crippen LogP contribution >= 0.6 is 0 Å². The van der Waals surface area contributed by atoms with Gasteiger partial charge in [0.25, 0.3) is 5.69 Å². The first kappa shape index (κ1) is 20.6. The van der Waals surface area contributed by atoms with Crippen LogP contribution in [0.4, 0.5) is 29.2 Å². The molecule has 0 amide bonds. The topological polar surface area (TPSA) is 121 Å². The highest BCUT2D eigenvalue weighted by molar-refractivity contribution is 5.80. The van der Waals surface area contributed by atoms with Crippen LogP contribution in [0.15, 0.2) is 59.7 Å². The van der Waals surface area contributed by atoms with Crippen molar-refractivity contribution in [1.29, 1.82) is 0 Å². The van der Waals surface area contributed by atoms with Gasteiger partial charge in [0, 0.05) is 30.9 Å². The Morgan fingerprint density at radius 2 is 1.67 bits per heavy atom. The molecule has 0 saturated carbocycles. The van der Waals surface area contributed by atoms with Gasteiger partial charge in [0.05, 0.1) is 11.1 Å². The molecule has 0 aliphatic rings. The fourth-order valence-corrected chi connectivity index (χ4v) is 2.62. The molecule has 2 aromatic carbocycles. The fraction of sp³-hybridized carbons (Fsp3) is 0.200. The first-order valence-corrected chi connectivity index (χ1v) is 9.45. The minimum Gasteiger partial charge on any atom is -0.341 e. The molecule has 0 saturated heterocycles. The van der Waals surface area contributed by atoms with Gasteiger partial charge in [-0.25, -0.2) is 5.43 Å². The molecule has 0 unspecified atom stereocenters. The van der Waals surface area contributed by atoms with Gasteiger partial charge in [-0.15, -0.1) is 0 Å². The largest absolute Gasteiger partial charge is 0.341 e. The summed E-state index contributed by atoms with van der Waals surface area (Å²) < 4.78 is 0. The second-order valence-electron chi connectivity index (χ2n) is 6.16. The van der Waals surface area contributed by atoms with Gasteiger partial charge in [0.2, 0.25) is 17.8 Å². The summed E-state index contributed by atoms with van der Waals surface area (Å²) in [5.74, 6) is 1.20. The van der Waals surface area contributed by atoms with Crippen molar-refractivity contribution in [2.45, 2.75) is 13.8 Å². The Bertz CT molecular complexity index is 1010. The van der Waals surface area contributed by atoms with Crippen molar-refractivity contribution >= 4 is 35.4 Å². The summed E-state index contributed by atoms with van der Waals surface area (Å²) in [6, 6.07) is 15.7. The Hall–Kier alpha value is -4.08. The Labute approximate surface area is 173 Å². The quantitative estimate of drug-likeness (QED) is 0.312. The molecule has 1 heterocycles. The lowest BCUT2D eigenvalue weighted by atomic mass is 10.2. The first-order chi connectivity index (χ1) is 14.6. The van der Waals surface area contributed by atoms with Gasteiger partial charge in [-0.3, -0.25) is 10.1 Å². The second-order valence-corrected chi connectivity index (χ2v) is 6.16. The zero-order valence-electron chi connectivity index (χ0n) is 16.7. The molecular weight excluding hydrogens is 384 g/mol. The van der Waals surface area contributed by atoms with Crippen molar-refractivity contribution in [2.24, 2.45) is 5.10 Å². The summed E-state index contributed by atoms with van der Waals surface area (Å²) >= 11 is 0. The maximum atomic E-state index is 10.7. The number of rotatable bonds is 9. The van der Waals surface area contributed by atoms with Crippen LogP contribution in [-0.2, 0) is 0 Å². The summed E-state index contributed by atoms with van der Waals surface area (Å²) in [4.78, 5) is 25.6. The number of nitrogens with zero attached hydrogens (tertiary/aromatic N) is 6.